The first kappa shape index (κ1) is 19.4. The monoisotopic (exact) mass is 373 g/mol. The topological polar surface area (TPSA) is 41.0 Å². The van der Waals surface area contributed by atoms with Crippen molar-refractivity contribution in [3.63, 3.8) is 0 Å². The zero-order valence-electron chi connectivity index (χ0n) is 14.2. The van der Waals surface area contributed by atoms with E-state index in [9.17, 15) is 5.21 Å². The molecule has 1 aromatic heterocycles. The largest absolute Gasteiger partial charge is 0.684 e. The molecule has 22 heavy (non-hydrogen) atoms. The van der Waals surface area contributed by atoms with E-state index in [0.717, 1.165) is 39.7 Å². The van der Waals surface area contributed by atoms with E-state index in [1.54, 1.807) is 12.4 Å². The number of nitrogens with zero attached hydrogens (tertiary/aromatic N) is 2. The van der Waals surface area contributed by atoms with Gasteiger partial charge in [0.1, 0.15) is 0 Å². The molecule has 0 N–H and O–H groups in total. The average molecular weight is 373 g/mol. The second kappa shape index (κ2) is 7.74. The Kier molecular flexibility index (Phi) is 6.82. The van der Waals surface area contributed by atoms with Gasteiger partial charge in [0.15, 0.2) is 12.4 Å². The first-order valence-corrected chi connectivity index (χ1v) is 7.41. The van der Waals surface area contributed by atoms with E-state index < -0.39 is 0 Å². The summed E-state index contributed by atoms with van der Waals surface area (Å²) < 4.78 is 0.882. The van der Waals surface area contributed by atoms with Crippen molar-refractivity contribution in [1.29, 1.82) is 0 Å². The Morgan fingerprint density at radius 1 is 1.18 bits per heavy atom. The van der Waals surface area contributed by atoms with Crippen LogP contribution >= 0.6 is 0 Å². The fraction of sp³-hybridized carbons (Fsp3) is 0.444. The predicted molar refractivity (Wildman–Crippen MR) is 88.5 cm³/mol. The first-order valence-electron chi connectivity index (χ1n) is 7.41. The molecule has 0 fully saturated rings. The van der Waals surface area contributed by atoms with Crippen LogP contribution in [0.1, 0.15) is 40.2 Å². The molecule has 0 saturated heterocycles. The second-order valence-corrected chi connectivity index (χ2v) is 6.77. The van der Waals surface area contributed by atoms with E-state index in [1.165, 1.54) is 5.92 Å². The molecule has 117 valence electrons. The molecule has 1 aliphatic heterocycles. The van der Waals surface area contributed by atoms with E-state index in [0.29, 0.717) is 5.41 Å². The minimum absolute atomic E-state index is 0. The Labute approximate surface area is 159 Å². The third-order valence-electron chi connectivity index (χ3n) is 4.11. The van der Waals surface area contributed by atoms with Gasteiger partial charge in [-0.15, -0.1) is 12.2 Å². The van der Waals surface area contributed by atoms with Crippen molar-refractivity contribution in [3.05, 3.63) is 52.6 Å². The van der Waals surface area contributed by atoms with E-state index in [2.05, 4.69) is 39.9 Å². The van der Waals surface area contributed by atoms with Gasteiger partial charge in [-0.25, -0.2) is 0 Å². The number of rotatable bonds is 0. The van der Waals surface area contributed by atoms with Gasteiger partial charge >= 0.3 is 0 Å². The molecule has 2 aromatic rings. The molecule has 0 atom stereocenters. The first-order chi connectivity index (χ1) is 9.79. The van der Waals surface area contributed by atoms with Gasteiger partial charge < -0.3 is 16.4 Å². The summed E-state index contributed by atoms with van der Waals surface area (Å²) in [5.74, 6) is 1.49. The SMILES string of the molecule is C[C-](C)C(C)(C)C.[O-][n+]1cc2c3c(cccc3c1)[N-]CC2.[Y]. The number of hydrogen-bond donors (Lipinski definition) is 0. The van der Waals surface area contributed by atoms with E-state index in [-0.39, 0.29) is 32.7 Å². The van der Waals surface area contributed by atoms with Crippen molar-refractivity contribution in [1.82, 2.24) is 0 Å². The van der Waals surface area contributed by atoms with Crippen molar-refractivity contribution >= 4 is 16.5 Å². The number of aromatic nitrogens is 1. The van der Waals surface area contributed by atoms with Crippen LogP contribution in [0.3, 0.4) is 0 Å². The Morgan fingerprint density at radius 2 is 1.82 bits per heavy atom. The van der Waals surface area contributed by atoms with Crippen LogP contribution in [0.2, 0.25) is 0 Å². The molecule has 0 amide bonds. The average Bonchev–Trinajstić information content (AvgIpc) is 2.38. The van der Waals surface area contributed by atoms with Gasteiger partial charge in [0.05, 0.1) is 0 Å². The Morgan fingerprint density at radius 3 is 2.41 bits per heavy atom. The van der Waals surface area contributed by atoms with Crippen LogP contribution < -0.4 is 4.73 Å². The molecule has 0 aliphatic carbocycles. The summed E-state index contributed by atoms with van der Waals surface area (Å²) >= 11 is 0. The van der Waals surface area contributed by atoms with Gasteiger partial charge in [-0.05, 0) is 17.9 Å². The maximum Gasteiger partial charge on any atom is 0.188 e. The van der Waals surface area contributed by atoms with E-state index >= 15 is 0 Å². The minimum Gasteiger partial charge on any atom is -0.684 e. The van der Waals surface area contributed by atoms with Crippen LogP contribution in [0.5, 0.6) is 0 Å². The smallest absolute Gasteiger partial charge is 0.188 e. The standard InChI is InChI=1S/C11H9N2O.C7H15.Y/c14-13-6-8-2-1-3-10-11(8)9(7-13)4-5-12-10;1-6(2)7(3,4)5;/h1-3,6-7H,4-5H2;1-5H3;/q2*-1;. The molecule has 0 spiro atoms. The fourth-order valence-corrected chi connectivity index (χ4v) is 2.03. The van der Waals surface area contributed by atoms with Crippen molar-refractivity contribution < 1.29 is 37.4 Å². The number of pyridine rings is 1. The molecule has 2 heterocycles. The van der Waals surface area contributed by atoms with Crippen LogP contribution in [0.15, 0.2) is 30.6 Å². The number of benzene rings is 1. The Hall–Kier alpha value is -0.666. The summed E-state index contributed by atoms with van der Waals surface area (Å²) in [5.41, 5.74) is 2.55. The third-order valence-corrected chi connectivity index (χ3v) is 4.11. The van der Waals surface area contributed by atoms with Gasteiger partial charge in [-0.1, -0.05) is 32.9 Å². The molecule has 1 radical (unpaired) electrons. The number of hydrogen-bond acceptors (Lipinski definition) is 1. The molecule has 0 saturated carbocycles. The maximum atomic E-state index is 11.3. The van der Waals surface area contributed by atoms with Gasteiger partial charge in [0.25, 0.3) is 0 Å². The van der Waals surface area contributed by atoms with Crippen molar-refractivity contribution in [3.8, 4) is 0 Å². The molecule has 3 nitrogen and oxygen atoms in total. The van der Waals surface area contributed by atoms with Crippen molar-refractivity contribution in [2.24, 2.45) is 5.41 Å². The van der Waals surface area contributed by atoms with Crippen LogP contribution in [0.4, 0.5) is 5.69 Å². The molecule has 1 aromatic carbocycles. The van der Waals surface area contributed by atoms with E-state index in [4.69, 9.17) is 0 Å². The Balaban J connectivity index is 0.000000264. The van der Waals surface area contributed by atoms with Crippen molar-refractivity contribution in [2.45, 2.75) is 41.0 Å². The maximum absolute atomic E-state index is 11.3. The summed E-state index contributed by atoms with van der Waals surface area (Å²) in [4.78, 5) is 0. The summed E-state index contributed by atoms with van der Waals surface area (Å²) in [5, 5.41) is 17.8. The summed E-state index contributed by atoms with van der Waals surface area (Å²) in [6.07, 6.45) is 4.13. The molecular weight excluding hydrogens is 349 g/mol. The zero-order chi connectivity index (χ0) is 15.6. The molecular formula is C18H24N2OY-2. The normalized spacial score (nSPS) is 13.0. The zero-order valence-corrected chi connectivity index (χ0v) is 17.0. The quantitative estimate of drug-likeness (QED) is 0.376. The van der Waals surface area contributed by atoms with Gasteiger partial charge in [0, 0.05) is 43.7 Å². The molecule has 4 heteroatoms. The molecule has 3 rings (SSSR count). The summed E-state index contributed by atoms with van der Waals surface area (Å²) in [6, 6.07) is 5.90. The van der Waals surface area contributed by atoms with Gasteiger partial charge in [-0.2, -0.15) is 24.0 Å². The third kappa shape index (κ3) is 4.66. The summed E-state index contributed by atoms with van der Waals surface area (Å²) in [7, 11) is 0. The van der Waals surface area contributed by atoms with Gasteiger partial charge in [-0.3, -0.25) is 0 Å². The van der Waals surface area contributed by atoms with Gasteiger partial charge in [0.2, 0.25) is 0 Å². The fourth-order valence-electron chi connectivity index (χ4n) is 2.03. The molecule has 0 bridgehead atoms. The van der Waals surface area contributed by atoms with Crippen LogP contribution in [0, 0.1) is 16.5 Å². The summed E-state index contributed by atoms with van der Waals surface area (Å²) in [6.45, 7) is 11.8. The molecule has 1 aliphatic rings. The Bertz CT molecular complexity index is 633. The van der Waals surface area contributed by atoms with Crippen LogP contribution in [-0.2, 0) is 39.1 Å². The van der Waals surface area contributed by atoms with Crippen molar-refractivity contribution in [2.75, 3.05) is 6.54 Å². The predicted octanol–water partition coefficient (Wildman–Crippen LogP) is 4.68. The van der Waals surface area contributed by atoms with Crippen LogP contribution in [0.25, 0.3) is 16.1 Å². The molecule has 0 unspecified atom stereocenters. The van der Waals surface area contributed by atoms with E-state index in [1.807, 2.05) is 18.2 Å². The second-order valence-electron chi connectivity index (χ2n) is 6.77. The minimum atomic E-state index is 0. The van der Waals surface area contributed by atoms with Crippen LogP contribution in [-0.4, -0.2) is 6.54 Å².